The molecule has 7 nitrogen and oxygen atoms in total. The lowest BCUT2D eigenvalue weighted by Gasteiger charge is -2.16. The van der Waals surface area contributed by atoms with Gasteiger partial charge in [0.25, 0.3) is 11.9 Å². The molecule has 1 unspecified atom stereocenters. The monoisotopic (exact) mass is 480 g/mol. The smallest absolute Gasteiger partial charge is 0.342 e. The zero-order valence-electron chi connectivity index (χ0n) is 15.7. The van der Waals surface area contributed by atoms with Gasteiger partial charge in [-0.1, -0.05) is 0 Å². The number of alkyl halides is 3. The van der Waals surface area contributed by atoms with E-state index in [0.29, 0.717) is 15.9 Å². The molecule has 2 aromatic heterocycles. The van der Waals surface area contributed by atoms with Gasteiger partial charge in [-0.05, 0) is 65.4 Å². The van der Waals surface area contributed by atoms with Gasteiger partial charge in [0.15, 0.2) is 5.82 Å². The molecule has 1 atom stereocenters. The van der Waals surface area contributed by atoms with Gasteiger partial charge in [0.2, 0.25) is 0 Å². The van der Waals surface area contributed by atoms with Gasteiger partial charge in [-0.2, -0.15) is 23.0 Å². The molecule has 0 aliphatic heterocycles. The van der Waals surface area contributed by atoms with E-state index in [9.17, 15) is 18.0 Å². The van der Waals surface area contributed by atoms with Gasteiger partial charge < -0.3 is 5.32 Å². The number of hydrogen-bond donors (Lipinski definition) is 1. The van der Waals surface area contributed by atoms with Crippen molar-refractivity contribution in [1.82, 2.24) is 30.0 Å². The second-order valence-corrected chi connectivity index (χ2v) is 7.96. The van der Waals surface area contributed by atoms with Crippen molar-refractivity contribution in [2.45, 2.75) is 37.9 Å². The molecule has 1 aromatic carbocycles. The van der Waals surface area contributed by atoms with Crippen molar-refractivity contribution in [3.05, 3.63) is 63.9 Å². The van der Waals surface area contributed by atoms with E-state index in [1.165, 1.54) is 17.1 Å². The predicted octanol–water partition coefficient (Wildman–Crippen LogP) is 4.21. The van der Waals surface area contributed by atoms with Crippen LogP contribution in [0.2, 0.25) is 0 Å². The Balaban J connectivity index is 1.58. The maximum Gasteiger partial charge on any atom is 0.416 e. The minimum Gasteiger partial charge on any atom is -0.342 e. The largest absolute Gasteiger partial charge is 0.416 e. The van der Waals surface area contributed by atoms with Crippen LogP contribution in [0.25, 0.3) is 5.95 Å². The molecule has 11 heteroatoms. The molecule has 1 fully saturated rings. The van der Waals surface area contributed by atoms with Crippen LogP contribution in [0.3, 0.4) is 0 Å². The number of nitrogens with zero attached hydrogens (tertiary/aromatic N) is 5. The van der Waals surface area contributed by atoms with Gasteiger partial charge in [-0.3, -0.25) is 4.79 Å². The number of amides is 1. The Morgan fingerprint density at radius 1 is 1.20 bits per heavy atom. The molecule has 2 heterocycles. The highest BCUT2D eigenvalue weighted by molar-refractivity contribution is 9.10. The molecule has 1 amide bonds. The summed E-state index contributed by atoms with van der Waals surface area (Å²) in [4.78, 5) is 25.2. The summed E-state index contributed by atoms with van der Waals surface area (Å²) in [5.41, 5.74) is -0.324. The van der Waals surface area contributed by atoms with E-state index in [1.807, 2.05) is 0 Å². The lowest BCUT2D eigenvalue weighted by molar-refractivity contribution is -0.137. The Labute approximate surface area is 177 Å². The summed E-state index contributed by atoms with van der Waals surface area (Å²) in [6.07, 6.45) is 1.51. The minimum atomic E-state index is -4.52. The second kappa shape index (κ2) is 7.78. The minimum absolute atomic E-state index is 0.0375. The quantitative estimate of drug-likeness (QED) is 0.591. The molecule has 1 aliphatic carbocycles. The molecular weight excluding hydrogens is 465 g/mol. The third-order valence-corrected chi connectivity index (χ3v) is 5.11. The number of rotatable bonds is 5. The summed E-state index contributed by atoms with van der Waals surface area (Å²) in [7, 11) is 0. The predicted molar refractivity (Wildman–Crippen MR) is 104 cm³/mol. The van der Waals surface area contributed by atoms with Crippen LogP contribution in [0, 0.1) is 0 Å². The van der Waals surface area contributed by atoms with Crippen LogP contribution in [0.4, 0.5) is 13.2 Å². The Morgan fingerprint density at radius 2 is 1.90 bits per heavy atom. The maximum atomic E-state index is 13.3. The highest BCUT2D eigenvalue weighted by Crippen LogP contribution is 2.42. The van der Waals surface area contributed by atoms with E-state index in [1.54, 1.807) is 19.3 Å². The number of hydrogen-bond acceptors (Lipinski definition) is 5. The number of nitrogens with one attached hydrogen (secondary N) is 1. The summed E-state index contributed by atoms with van der Waals surface area (Å²) in [5, 5.41) is 6.77. The van der Waals surface area contributed by atoms with Crippen LogP contribution >= 0.6 is 15.9 Å². The van der Waals surface area contributed by atoms with E-state index >= 15 is 0 Å². The van der Waals surface area contributed by atoms with Gasteiger partial charge >= 0.3 is 6.18 Å². The topological polar surface area (TPSA) is 85.6 Å². The summed E-state index contributed by atoms with van der Waals surface area (Å²) >= 11 is 3.25. The van der Waals surface area contributed by atoms with E-state index in [2.05, 4.69) is 41.3 Å². The molecule has 1 N–H and O–H groups in total. The van der Waals surface area contributed by atoms with Crippen LogP contribution in [-0.2, 0) is 6.18 Å². The molecule has 0 saturated heterocycles. The van der Waals surface area contributed by atoms with Crippen LogP contribution in [-0.4, -0.2) is 30.6 Å². The average Bonchev–Trinajstić information content (AvgIpc) is 3.44. The zero-order valence-corrected chi connectivity index (χ0v) is 17.3. The first-order valence-electron chi connectivity index (χ1n) is 9.13. The Hall–Kier alpha value is -2.82. The van der Waals surface area contributed by atoms with Gasteiger partial charge in [0.05, 0.1) is 16.1 Å². The second-order valence-electron chi connectivity index (χ2n) is 7.04. The molecule has 0 spiro atoms. The third kappa shape index (κ3) is 4.35. The molecule has 0 bridgehead atoms. The fourth-order valence-electron chi connectivity index (χ4n) is 3.06. The van der Waals surface area contributed by atoms with Crippen LogP contribution in [0.5, 0.6) is 0 Å². The summed E-state index contributed by atoms with van der Waals surface area (Å²) in [6.45, 7) is 1.66. The van der Waals surface area contributed by atoms with Gasteiger partial charge in [0.1, 0.15) is 6.33 Å². The van der Waals surface area contributed by atoms with E-state index in [-0.39, 0.29) is 17.4 Å². The van der Waals surface area contributed by atoms with Crippen LogP contribution < -0.4 is 5.32 Å². The molecule has 0 radical (unpaired) electrons. The highest BCUT2D eigenvalue weighted by Gasteiger charge is 2.34. The fraction of sp³-hybridized carbons (Fsp3) is 0.316. The van der Waals surface area contributed by atoms with Crippen molar-refractivity contribution in [2.24, 2.45) is 0 Å². The van der Waals surface area contributed by atoms with Gasteiger partial charge in [-0.25, -0.2) is 15.0 Å². The van der Waals surface area contributed by atoms with Crippen molar-refractivity contribution < 1.29 is 18.0 Å². The summed E-state index contributed by atoms with van der Waals surface area (Å²) in [5.74, 6) is 0.0534. The average molecular weight is 481 g/mol. The van der Waals surface area contributed by atoms with E-state index in [4.69, 9.17) is 0 Å². The van der Waals surface area contributed by atoms with E-state index < -0.39 is 23.7 Å². The van der Waals surface area contributed by atoms with Crippen molar-refractivity contribution in [1.29, 1.82) is 0 Å². The van der Waals surface area contributed by atoms with Crippen LogP contribution in [0.15, 0.2) is 41.4 Å². The Kier molecular flexibility index (Phi) is 5.31. The van der Waals surface area contributed by atoms with Crippen molar-refractivity contribution in [3.8, 4) is 5.95 Å². The number of benzene rings is 1. The zero-order chi connectivity index (χ0) is 21.5. The van der Waals surface area contributed by atoms with Crippen molar-refractivity contribution in [2.75, 3.05) is 0 Å². The molecule has 4 rings (SSSR count). The van der Waals surface area contributed by atoms with Crippen molar-refractivity contribution >= 4 is 21.8 Å². The van der Waals surface area contributed by atoms with Gasteiger partial charge in [-0.15, -0.1) is 0 Å². The normalized spacial score (nSPS) is 15.1. The third-order valence-electron chi connectivity index (χ3n) is 4.70. The molecule has 30 heavy (non-hydrogen) atoms. The highest BCUT2D eigenvalue weighted by atomic mass is 79.9. The number of halogens is 4. The fourth-order valence-corrected chi connectivity index (χ4v) is 3.26. The first kappa shape index (κ1) is 20.5. The first-order chi connectivity index (χ1) is 14.2. The summed E-state index contributed by atoms with van der Waals surface area (Å²) < 4.78 is 41.9. The van der Waals surface area contributed by atoms with Gasteiger partial charge in [0, 0.05) is 18.0 Å². The Morgan fingerprint density at radius 3 is 2.53 bits per heavy atom. The lowest BCUT2D eigenvalue weighted by atomic mass is 10.0. The molecule has 1 aliphatic rings. The van der Waals surface area contributed by atoms with Crippen LogP contribution in [0.1, 0.15) is 59.0 Å². The molecule has 156 valence electrons. The summed E-state index contributed by atoms with van der Waals surface area (Å²) in [6, 6.07) is 2.87. The maximum absolute atomic E-state index is 13.3. The molecule has 3 aromatic rings. The standard InChI is InChI=1S/C19H16BrF3N6O/c1-10(16-26-9-27-29(16)18-24-7-15(20)8-25-18)28-17(30)13-4-12(11-2-3-11)5-14(6-13)19(21,22)23/h4-11H,2-3H2,1H3,(H,28,30). The molecule has 1 saturated carbocycles. The lowest BCUT2D eigenvalue weighted by Crippen LogP contribution is -2.29. The van der Waals surface area contributed by atoms with E-state index in [0.717, 1.165) is 25.0 Å². The first-order valence-corrected chi connectivity index (χ1v) is 9.92. The van der Waals surface area contributed by atoms with Crippen molar-refractivity contribution in [3.63, 3.8) is 0 Å². The number of carbonyl (C=O) groups is 1. The Bertz CT molecular complexity index is 1080. The SMILES string of the molecule is CC(NC(=O)c1cc(C2CC2)cc(C(F)(F)F)c1)c1ncnn1-c1ncc(Br)cn1. The molecular formula is C19H16BrF3N6O. The number of aromatic nitrogens is 5. The number of carbonyl (C=O) groups excluding carboxylic acids is 1.